The first kappa shape index (κ1) is 20.6. The number of benzene rings is 1. The highest BCUT2D eigenvalue weighted by molar-refractivity contribution is 6.07. The standard InChI is InChI=1S/C22H32N2O4/c1-14-10-11-15(2)19(16(14)3)28-13-18(25)12-24-20(26)22(4,23-21(24)27)17-8-6-5-7-9-17/h10-11,17-18,25H,5-9,12-13H2,1-4H3,(H,23,27)/t18-,22+/m1/s1. The van der Waals surface area contributed by atoms with E-state index in [1.807, 2.05) is 39.8 Å². The molecule has 3 rings (SSSR count). The van der Waals surface area contributed by atoms with Crippen LogP contribution in [-0.4, -0.2) is 46.7 Å². The van der Waals surface area contributed by atoms with Crippen molar-refractivity contribution in [1.29, 1.82) is 0 Å². The van der Waals surface area contributed by atoms with Gasteiger partial charge in [0.2, 0.25) is 0 Å². The molecule has 0 spiro atoms. The second kappa shape index (κ2) is 8.11. The van der Waals surface area contributed by atoms with E-state index in [-0.39, 0.29) is 25.0 Å². The minimum Gasteiger partial charge on any atom is -0.490 e. The fourth-order valence-electron chi connectivity index (χ4n) is 4.43. The number of ether oxygens (including phenoxy) is 1. The second-order valence-corrected chi connectivity index (χ2v) is 8.50. The molecule has 1 aliphatic carbocycles. The topological polar surface area (TPSA) is 78.9 Å². The number of aryl methyl sites for hydroxylation is 2. The van der Waals surface area contributed by atoms with E-state index in [0.717, 1.165) is 53.0 Å². The maximum absolute atomic E-state index is 13.0. The summed E-state index contributed by atoms with van der Waals surface area (Å²) in [6.45, 7) is 7.75. The summed E-state index contributed by atoms with van der Waals surface area (Å²) in [6, 6.07) is 3.60. The number of nitrogens with one attached hydrogen (secondary N) is 1. The van der Waals surface area contributed by atoms with Gasteiger partial charge in [-0.3, -0.25) is 9.69 Å². The van der Waals surface area contributed by atoms with Gasteiger partial charge >= 0.3 is 6.03 Å². The van der Waals surface area contributed by atoms with Crippen molar-refractivity contribution >= 4 is 11.9 Å². The highest BCUT2D eigenvalue weighted by atomic mass is 16.5. The van der Waals surface area contributed by atoms with Crippen LogP contribution in [0.25, 0.3) is 0 Å². The number of carbonyl (C=O) groups excluding carboxylic acids is 2. The lowest BCUT2D eigenvalue weighted by atomic mass is 9.75. The molecule has 0 aromatic heterocycles. The predicted octanol–water partition coefficient (Wildman–Crippen LogP) is 3.24. The van der Waals surface area contributed by atoms with Gasteiger partial charge in [-0.1, -0.05) is 31.4 Å². The summed E-state index contributed by atoms with van der Waals surface area (Å²) in [6.07, 6.45) is 4.33. The van der Waals surface area contributed by atoms with Crippen molar-refractivity contribution < 1.29 is 19.4 Å². The number of hydrogen-bond acceptors (Lipinski definition) is 4. The van der Waals surface area contributed by atoms with Gasteiger partial charge in [0.1, 0.15) is 24.0 Å². The number of nitrogens with zero attached hydrogens (tertiary/aromatic N) is 1. The average Bonchev–Trinajstić information content (AvgIpc) is 2.89. The normalized spacial score (nSPS) is 24.4. The lowest BCUT2D eigenvalue weighted by Gasteiger charge is -2.34. The number of urea groups is 1. The second-order valence-electron chi connectivity index (χ2n) is 8.50. The van der Waals surface area contributed by atoms with Crippen LogP contribution in [0.15, 0.2) is 12.1 Å². The Morgan fingerprint density at radius 1 is 1.18 bits per heavy atom. The Labute approximate surface area is 167 Å². The molecule has 0 bridgehead atoms. The summed E-state index contributed by atoms with van der Waals surface area (Å²) >= 11 is 0. The molecule has 1 aromatic carbocycles. The van der Waals surface area contributed by atoms with Crippen LogP contribution >= 0.6 is 0 Å². The first-order valence-electron chi connectivity index (χ1n) is 10.3. The molecule has 2 N–H and O–H groups in total. The van der Waals surface area contributed by atoms with Gasteiger partial charge in [0.25, 0.3) is 5.91 Å². The van der Waals surface area contributed by atoms with Crippen molar-refractivity contribution in [2.45, 2.75) is 71.4 Å². The molecule has 0 radical (unpaired) electrons. The molecule has 6 nitrogen and oxygen atoms in total. The van der Waals surface area contributed by atoms with E-state index in [0.29, 0.717) is 0 Å². The molecule has 1 aliphatic heterocycles. The number of hydrogen-bond donors (Lipinski definition) is 2. The van der Waals surface area contributed by atoms with Crippen LogP contribution in [-0.2, 0) is 4.79 Å². The van der Waals surface area contributed by atoms with Crippen LogP contribution in [0.3, 0.4) is 0 Å². The van der Waals surface area contributed by atoms with E-state index >= 15 is 0 Å². The number of aliphatic hydroxyl groups is 1. The fraction of sp³-hybridized carbons (Fsp3) is 0.636. The van der Waals surface area contributed by atoms with Crippen LogP contribution in [0.5, 0.6) is 5.75 Å². The molecule has 1 heterocycles. The zero-order valence-electron chi connectivity index (χ0n) is 17.4. The highest BCUT2D eigenvalue weighted by Gasteiger charge is 2.52. The number of rotatable bonds is 6. The Bertz CT molecular complexity index is 757. The van der Waals surface area contributed by atoms with E-state index in [9.17, 15) is 14.7 Å². The van der Waals surface area contributed by atoms with Crippen molar-refractivity contribution in [2.75, 3.05) is 13.2 Å². The average molecular weight is 389 g/mol. The van der Waals surface area contributed by atoms with Crippen LogP contribution in [0.2, 0.25) is 0 Å². The third-order valence-electron chi connectivity index (χ3n) is 6.41. The minimum absolute atomic E-state index is 0.0301. The summed E-state index contributed by atoms with van der Waals surface area (Å²) < 4.78 is 5.84. The first-order chi connectivity index (χ1) is 13.2. The van der Waals surface area contributed by atoms with Gasteiger partial charge in [-0.2, -0.15) is 0 Å². The fourth-order valence-corrected chi connectivity index (χ4v) is 4.43. The molecule has 6 heteroatoms. The van der Waals surface area contributed by atoms with Crippen molar-refractivity contribution in [2.24, 2.45) is 5.92 Å². The molecule has 1 aromatic rings. The Hall–Kier alpha value is -2.08. The van der Waals surface area contributed by atoms with Gasteiger partial charge in [0.15, 0.2) is 0 Å². The summed E-state index contributed by atoms with van der Waals surface area (Å²) in [5.41, 5.74) is 2.29. The van der Waals surface area contributed by atoms with Crippen molar-refractivity contribution in [1.82, 2.24) is 10.2 Å². The third kappa shape index (κ3) is 3.88. The molecule has 1 saturated heterocycles. The maximum Gasteiger partial charge on any atom is 0.325 e. The van der Waals surface area contributed by atoms with Crippen LogP contribution < -0.4 is 10.1 Å². The lowest BCUT2D eigenvalue weighted by Crippen LogP contribution is -2.51. The zero-order chi connectivity index (χ0) is 20.5. The first-order valence-corrected chi connectivity index (χ1v) is 10.3. The van der Waals surface area contributed by atoms with Gasteiger partial charge in [-0.05, 0) is 63.1 Å². The summed E-state index contributed by atoms with van der Waals surface area (Å²) in [5.74, 6) is 0.684. The van der Waals surface area contributed by atoms with Gasteiger partial charge in [0, 0.05) is 0 Å². The maximum atomic E-state index is 13.0. The van der Waals surface area contributed by atoms with Gasteiger partial charge < -0.3 is 15.2 Å². The number of carbonyl (C=O) groups is 2. The predicted molar refractivity (Wildman–Crippen MR) is 107 cm³/mol. The number of β-amino-alcohol motifs (C(OH)–C–C–N with tert-alkyl or cyclic N) is 1. The number of aliphatic hydroxyl groups excluding tert-OH is 1. The van der Waals surface area contributed by atoms with Gasteiger partial charge in [0.05, 0.1) is 6.54 Å². The largest absolute Gasteiger partial charge is 0.490 e. The number of amides is 3. The summed E-state index contributed by atoms with van der Waals surface area (Å²) in [7, 11) is 0. The smallest absolute Gasteiger partial charge is 0.325 e. The molecule has 0 unspecified atom stereocenters. The molecular formula is C22H32N2O4. The van der Waals surface area contributed by atoms with Crippen LogP contribution in [0.4, 0.5) is 4.79 Å². The molecular weight excluding hydrogens is 356 g/mol. The monoisotopic (exact) mass is 388 g/mol. The van der Waals surface area contributed by atoms with Crippen LogP contribution in [0.1, 0.15) is 55.7 Å². The minimum atomic E-state index is -0.942. The van der Waals surface area contributed by atoms with Crippen molar-refractivity contribution in [3.05, 3.63) is 28.8 Å². The quantitative estimate of drug-likeness (QED) is 0.734. The van der Waals surface area contributed by atoms with Crippen molar-refractivity contribution in [3.63, 3.8) is 0 Å². The van der Waals surface area contributed by atoms with Gasteiger partial charge in [-0.25, -0.2) is 4.79 Å². The Morgan fingerprint density at radius 2 is 1.82 bits per heavy atom. The van der Waals surface area contributed by atoms with Crippen LogP contribution in [0, 0.1) is 26.7 Å². The van der Waals surface area contributed by atoms with E-state index in [1.54, 1.807) is 0 Å². The zero-order valence-corrected chi connectivity index (χ0v) is 17.4. The SMILES string of the molecule is Cc1ccc(C)c(OC[C@H](O)CN2C(=O)N[C@@](C)(C3CCCCC3)C2=O)c1C. The third-order valence-corrected chi connectivity index (χ3v) is 6.41. The summed E-state index contributed by atoms with van der Waals surface area (Å²) in [4.78, 5) is 26.6. The highest BCUT2D eigenvalue weighted by Crippen LogP contribution is 2.36. The molecule has 3 amide bonds. The Kier molecular flexibility index (Phi) is 5.98. The van der Waals surface area contributed by atoms with Gasteiger partial charge in [-0.15, -0.1) is 0 Å². The van der Waals surface area contributed by atoms with E-state index in [1.165, 1.54) is 6.42 Å². The molecule has 1 saturated carbocycles. The Morgan fingerprint density at radius 3 is 2.50 bits per heavy atom. The Balaban J connectivity index is 1.62. The molecule has 154 valence electrons. The summed E-state index contributed by atoms with van der Waals surface area (Å²) in [5, 5.41) is 13.3. The molecule has 28 heavy (non-hydrogen) atoms. The molecule has 2 aliphatic rings. The number of imide groups is 1. The lowest BCUT2D eigenvalue weighted by molar-refractivity contribution is -0.134. The van der Waals surface area contributed by atoms with E-state index < -0.39 is 17.7 Å². The van der Waals surface area contributed by atoms with E-state index in [2.05, 4.69) is 5.32 Å². The van der Waals surface area contributed by atoms with E-state index in [4.69, 9.17) is 4.74 Å². The molecule has 2 atom stereocenters. The van der Waals surface area contributed by atoms with Crippen molar-refractivity contribution in [3.8, 4) is 5.75 Å². The molecule has 2 fully saturated rings.